The van der Waals surface area contributed by atoms with Gasteiger partial charge in [-0.2, -0.15) is 0 Å². The van der Waals surface area contributed by atoms with Crippen molar-refractivity contribution in [1.82, 2.24) is 9.80 Å². The van der Waals surface area contributed by atoms with Crippen LogP contribution >= 0.6 is 0 Å². The Hall–Kier alpha value is -1.59. The van der Waals surface area contributed by atoms with Crippen LogP contribution < -0.4 is 5.73 Å². The Kier molecular flexibility index (Phi) is 6.42. The number of ether oxygens (including phenoxy) is 1. The number of hydrogen-bond acceptors (Lipinski definition) is 4. The lowest BCUT2D eigenvalue weighted by molar-refractivity contribution is 0.0340. The molecule has 1 aromatic rings. The highest BCUT2D eigenvalue weighted by atomic mass is 16.5. The molecule has 5 nitrogen and oxygen atoms in total. The number of piperazine rings is 1. The van der Waals surface area contributed by atoms with Crippen molar-refractivity contribution < 1.29 is 9.53 Å². The van der Waals surface area contributed by atoms with Crippen LogP contribution in [0.15, 0.2) is 18.2 Å². The molecule has 0 saturated carbocycles. The van der Waals surface area contributed by atoms with Crippen LogP contribution in [0.4, 0.5) is 5.69 Å². The van der Waals surface area contributed by atoms with Gasteiger partial charge in [-0.05, 0) is 38.0 Å². The van der Waals surface area contributed by atoms with E-state index in [2.05, 4.69) is 11.8 Å². The van der Waals surface area contributed by atoms with Gasteiger partial charge in [-0.3, -0.25) is 9.69 Å². The van der Waals surface area contributed by atoms with E-state index < -0.39 is 0 Å². The predicted molar refractivity (Wildman–Crippen MR) is 93.6 cm³/mol. The summed E-state index contributed by atoms with van der Waals surface area (Å²) in [7, 11) is 0. The van der Waals surface area contributed by atoms with Gasteiger partial charge in [0.15, 0.2) is 0 Å². The third-order valence-corrected chi connectivity index (χ3v) is 4.58. The average molecular weight is 319 g/mol. The molecule has 1 fully saturated rings. The maximum Gasteiger partial charge on any atom is 0.254 e. The number of carbonyl (C=O) groups is 1. The Balaban J connectivity index is 2.02. The molecule has 0 aliphatic carbocycles. The molecule has 0 spiro atoms. The number of nitrogen functional groups attached to an aromatic ring is 1. The third kappa shape index (κ3) is 4.45. The van der Waals surface area contributed by atoms with Crippen molar-refractivity contribution >= 4 is 11.6 Å². The summed E-state index contributed by atoms with van der Waals surface area (Å²) in [6.45, 7) is 11.0. The second kappa shape index (κ2) is 8.31. The first-order valence-electron chi connectivity index (χ1n) is 8.54. The Morgan fingerprint density at radius 3 is 2.83 bits per heavy atom. The molecule has 1 amide bonds. The van der Waals surface area contributed by atoms with Crippen molar-refractivity contribution in [3.8, 4) is 0 Å². The molecule has 1 aliphatic rings. The zero-order valence-electron chi connectivity index (χ0n) is 14.5. The molecule has 0 aromatic heterocycles. The first kappa shape index (κ1) is 17.8. The Bertz CT molecular complexity index is 533. The molecule has 0 radical (unpaired) electrons. The van der Waals surface area contributed by atoms with Crippen molar-refractivity contribution in [2.75, 3.05) is 45.1 Å². The van der Waals surface area contributed by atoms with Gasteiger partial charge in [0.25, 0.3) is 5.91 Å². The van der Waals surface area contributed by atoms with E-state index in [0.717, 1.165) is 56.9 Å². The van der Waals surface area contributed by atoms with E-state index in [9.17, 15) is 4.79 Å². The number of carbonyl (C=O) groups excluding carboxylic acids is 1. The van der Waals surface area contributed by atoms with Crippen LogP contribution in [0.25, 0.3) is 0 Å². The van der Waals surface area contributed by atoms with Crippen molar-refractivity contribution in [2.24, 2.45) is 0 Å². The minimum absolute atomic E-state index is 0.0951. The molecule has 1 unspecified atom stereocenters. The fraction of sp³-hybridized carbons (Fsp3) is 0.611. The summed E-state index contributed by atoms with van der Waals surface area (Å²) in [6.07, 6.45) is 1.03. The summed E-state index contributed by atoms with van der Waals surface area (Å²) >= 11 is 0. The smallest absolute Gasteiger partial charge is 0.254 e. The quantitative estimate of drug-likeness (QED) is 0.645. The van der Waals surface area contributed by atoms with Crippen LogP contribution in [-0.4, -0.2) is 61.1 Å². The van der Waals surface area contributed by atoms with Crippen LogP contribution in [0.1, 0.15) is 36.2 Å². The maximum absolute atomic E-state index is 12.8. The zero-order chi connectivity index (χ0) is 16.8. The topological polar surface area (TPSA) is 58.8 Å². The van der Waals surface area contributed by atoms with E-state index in [0.29, 0.717) is 11.7 Å². The molecule has 1 aromatic carbocycles. The van der Waals surface area contributed by atoms with E-state index in [1.54, 1.807) is 6.07 Å². The molecule has 1 saturated heterocycles. The lowest BCUT2D eigenvalue weighted by Crippen LogP contribution is -2.55. The lowest BCUT2D eigenvalue weighted by Gasteiger charge is -2.41. The van der Waals surface area contributed by atoms with Crippen molar-refractivity contribution in [1.29, 1.82) is 0 Å². The van der Waals surface area contributed by atoms with Crippen molar-refractivity contribution in [2.45, 2.75) is 33.2 Å². The van der Waals surface area contributed by atoms with Crippen molar-refractivity contribution in [3.63, 3.8) is 0 Å². The predicted octanol–water partition coefficient (Wildman–Crippen LogP) is 2.15. The summed E-state index contributed by atoms with van der Waals surface area (Å²) in [5, 5.41) is 0. The molecule has 1 heterocycles. The minimum Gasteiger partial charge on any atom is -0.399 e. The monoisotopic (exact) mass is 319 g/mol. The fourth-order valence-electron chi connectivity index (χ4n) is 3.13. The van der Waals surface area contributed by atoms with Gasteiger partial charge in [0, 0.05) is 50.1 Å². The normalized spacial score (nSPS) is 19.1. The first-order chi connectivity index (χ1) is 11.1. The highest BCUT2D eigenvalue weighted by molar-refractivity contribution is 5.96. The highest BCUT2D eigenvalue weighted by Gasteiger charge is 2.29. The number of benzene rings is 1. The average Bonchev–Trinajstić information content (AvgIpc) is 2.56. The number of aryl methyl sites for hydroxylation is 1. The maximum atomic E-state index is 12.8. The standard InChI is InChI=1S/C18H29N3O2/c1-4-16-13-21(9-8-20(16)10-11-23-5-2)18(22)17-12-15(19)7-6-14(17)3/h6-7,12,16H,4-5,8-11,13,19H2,1-3H3. The van der Waals surface area contributed by atoms with Gasteiger partial charge >= 0.3 is 0 Å². The van der Waals surface area contributed by atoms with E-state index in [1.165, 1.54) is 0 Å². The summed E-state index contributed by atoms with van der Waals surface area (Å²) in [4.78, 5) is 17.2. The van der Waals surface area contributed by atoms with Gasteiger partial charge in [0.1, 0.15) is 0 Å². The number of nitrogens with two attached hydrogens (primary N) is 1. The molecule has 0 bridgehead atoms. The van der Waals surface area contributed by atoms with Gasteiger partial charge < -0.3 is 15.4 Å². The van der Waals surface area contributed by atoms with Gasteiger partial charge in [-0.25, -0.2) is 0 Å². The van der Waals surface area contributed by atoms with Crippen LogP contribution in [0.3, 0.4) is 0 Å². The zero-order valence-corrected chi connectivity index (χ0v) is 14.5. The van der Waals surface area contributed by atoms with E-state index in [-0.39, 0.29) is 5.91 Å². The summed E-state index contributed by atoms with van der Waals surface area (Å²) < 4.78 is 5.47. The molecule has 2 N–H and O–H groups in total. The molecule has 5 heteroatoms. The number of hydrogen-bond donors (Lipinski definition) is 1. The van der Waals surface area contributed by atoms with Crippen LogP contribution in [0, 0.1) is 6.92 Å². The van der Waals surface area contributed by atoms with Crippen LogP contribution in [0.2, 0.25) is 0 Å². The van der Waals surface area contributed by atoms with Gasteiger partial charge in [0.2, 0.25) is 0 Å². The number of rotatable bonds is 6. The summed E-state index contributed by atoms with van der Waals surface area (Å²) in [6, 6.07) is 5.94. The Labute approximate surface area is 139 Å². The summed E-state index contributed by atoms with van der Waals surface area (Å²) in [5.74, 6) is 0.0951. The van der Waals surface area contributed by atoms with Crippen LogP contribution in [0.5, 0.6) is 0 Å². The van der Waals surface area contributed by atoms with Gasteiger partial charge in [-0.1, -0.05) is 13.0 Å². The molecule has 1 atom stereocenters. The number of nitrogens with zero attached hydrogens (tertiary/aromatic N) is 2. The Morgan fingerprint density at radius 1 is 1.35 bits per heavy atom. The fourth-order valence-corrected chi connectivity index (χ4v) is 3.13. The van der Waals surface area contributed by atoms with Crippen molar-refractivity contribution in [3.05, 3.63) is 29.3 Å². The van der Waals surface area contributed by atoms with E-state index >= 15 is 0 Å². The largest absolute Gasteiger partial charge is 0.399 e. The molecule has 128 valence electrons. The Morgan fingerprint density at radius 2 is 2.13 bits per heavy atom. The second-order valence-corrected chi connectivity index (χ2v) is 6.12. The summed E-state index contributed by atoms with van der Waals surface area (Å²) in [5.41, 5.74) is 8.19. The molecular weight excluding hydrogens is 290 g/mol. The SMILES string of the molecule is CCOCCN1CCN(C(=O)c2cc(N)ccc2C)CC1CC. The number of anilines is 1. The highest BCUT2D eigenvalue weighted by Crippen LogP contribution is 2.19. The first-order valence-corrected chi connectivity index (χ1v) is 8.54. The molecule has 1 aliphatic heterocycles. The molecular formula is C18H29N3O2. The van der Waals surface area contributed by atoms with Gasteiger partial charge in [-0.15, -0.1) is 0 Å². The minimum atomic E-state index is 0.0951. The van der Waals surface area contributed by atoms with Gasteiger partial charge in [0.05, 0.1) is 6.61 Å². The van der Waals surface area contributed by atoms with E-state index in [4.69, 9.17) is 10.5 Å². The van der Waals surface area contributed by atoms with Crippen LogP contribution in [-0.2, 0) is 4.74 Å². The number of amides is 1. The lowest BCUT2D eigenvalue weighted by atomic mass is 10.0. The third-order valence-electron chi connectivity index (χ3n) is 4.58. The molecule has 2 rings (SSSR count). The molecule has 23 heavy (non-hydrogen) atoms. The van der Waals surface area contributed by atoms with E-state index in [1.807, 2.05) is 30.9 Å². The second-order valence-electron chi connectivity index (χ2n) is 6.12.